The summed E-state index contributed by atoms with van der Waals surface area (Å²) in [5.41, 5.74) is 4.69. The van der Waals surface area contributed by atoms with Crippen LogP contribution in [0.25, 0.3) is 0 Å². The highest BCUT2D eigenvalue weighted by Gasteiger charge is 1.99. The van der Waals surface area contributed by atoms with Crippen molar-refractivity contribution in [3.8, 4) is 0 Å². The average molecular weight is 240 g/mol. The fourth-order valence-corrected chi connectivity index (χ4v) is 1.87. The van der Waals surface area contributed by atoms with E-state index in [-0.39, 0.29) is 0 Å². The van der Waals surface area contributed by atoms with Crippen molar-refractivity contribution >= 4 is 17.1 Å². The van der Waals surface area contributed by atoms with Gasteiger partial charge in [0, 0.05) is 24.1 Å². The summed E-state index contributed by atoms with van der Waals surface area (Å²) in [6.45, 7) is 4.41. The first-order valence-corrected chi connectivity index (χ1v) is 6.34. The van der Waals surface area contributed by atoms with E-state index in [0.29, 0.717) is 5.92 Å². The van der Waals surface area contributed by atoms with Crippen molar-refractivity contribution in [2.45, 2.75) is 19.8 Å². The van der Waals surface area contributed by atoms with Crippen molar-refractivity contribution in [3.05, 3.63) is 54.1 Å². The topological polar surface area (TPSA) is 24.1 Å². The molecule has 0 saturated heterocycles. The van der Waals surface area contributed by atoms with Crippen LogP contribution >= 0.6 is 0 Å². The minimum Gasteiger partial charge on any atom is -0.388 e. The molecule has 2 nitrogen and oxygen atoms in total. The first-order valence-electron chi connectivity index (χ1n) is 6.34. The number of nitrogens with one attached hydrogen (secondary N) is 2. The minimum absolute atomic E-state index is 0.576. The summed E-state index contributed by atoms with van der Waals surface area (Å²) in [4.78, 5) is 0. The third-order valence-electron chi connectivity index (χ3n) is 3.02. The molecule has 2 rings (SSSR count). The molecule has 0 saturated carbocycles. The molecular formula is C16H20N2. The van der Waals surface area contributed by atoms with Gasteiger partial charge in [-0.15, -0.1) is 0 Å². The fraction of sp³-hybridized carbons (Fsp3) is 0.250. The first kappa shape index (κ1) is 12.5. The summed E-state index contributed by atoms with van der Waals surface area (Å²) in [6.07, 6.45) is 0. The van der Waals surface area contributed by atoms with Gasteiger partial charge in [0.25, 0.3) is 0 Å². The molecule has 0 spiro atoms. The smallest absolute Gasteiger partial charge is 0.0404 e. The van der Waals surface area contributed by atoms with Gasteiger partial charge in [0.2, 0.25) is 0 Å². The van der Waals surface area contributed by atoms with Crippen LogP contribution in [0.5, 0.6) is 0 Å². The zero-order valence-corrected chi connectivity index (χ0v) is 11.2. The van der Waals surface area contributed by atoms with E-state index < -0.39 is 0 Å². The summed E-state index contributed by atoms with van der Waals surface area (Å²) in [5, 5.41) is 6.54. The molecule has 2 heteroatoms. The van der Waals surface area contributed by atoms with Gasteiger partial charge in [-0.25, -0.2) is 0 Å². The molecule has 94 valence electrons. The summed E-state index contributed by atoms with van der Waals surface area (Å²) in [7, 11) is 1.93. The molecule has 2 aromatic rings. The van der Waals surface area contributed by atoms with Gasteiger partial charge in [0.05, 0.1) is 0 Å². The quantitative estimate of drug-likeness (QED) is 0.816. The van der Waals surface area contributed by atoms with Crippen molar-refractivity contribution in [1.82, 2.24) is 0 Å². The van der Waals surface area contributed by atoms with Crippen LogP contribution in [0.2, 0.25) is 0 Å². The molecule has 0 aliphatic heterocycles. The van der Waals surface area contributed by atoms with Crippen LogP contribution in [0, 0.1) is 0 Å². The second-order valence-electron chi connectivity index (χ2n) is 4.73. The molecule has 0 fully saturated rings. The predicted molar refractivity (Wildman–Crippen MR) is 79.8 cm³/mol. The van der Waals surface area contributed by atoms with E-state index >= 15 is 0 Å². The Morgan fingerprint density at radius 1 is 0.833 bits per heavy atom. The van der Waals surface area contributed by atoms with E-state index in [1.54, 1.807) is 0 Å². The zero-order chi connectivity index (χ0) is 13.0. The van der Waals surface area contributed by atoms with Gasteiger partial charge in [0.1, 0.15) is 0 Å². The van der Waals surface area contributed by atoms with Crippen molar-refractivity contribution in [1.29, 1.82) is 0 Å². The lowest BCUT2D eigenvalue weighted by Gasteiger charge is -2.10. The van der Waals surface area contributed by atoms with Crippen LogP contribution in [0.1, 0.15) is 25.3 Å². The van der Waals surface area contributed by atoms with E-state index in [0.717, 1.165) is 17.1 Å². The maximum atomic E-state index is 3.40. The highest BCUT2D eigenvalue weighted by molar-refractivity contribution is 5.64. The second kappa shape index (κ2) is 5.58. The summed E-state index contributed by atoms with van der Waals surface area (Å²) in [6, 6.07) is 16.9. The lowest BCUT2D eigenvalue weighted by Crippen LogP contribution is -1.93. The Balaban J connectivity index is 2.13. The van der Waals surface area contributed by atoms with Crippen LogP contribution in [-0.2, 0) is 0 Å². The van der Waals surface area contributed by atoms with Crippen molar-refractivity contribution < 1.29 is 0 Å². The molecule has 0 atom stereocenters. The SMILES string of the molecule is CNc1cccc(Nc2ccc(C(C)C)cc2)c1. The van der Waals surface area contributed by atoms with Gasteiger partial charge in [-0.05, 0) is 41.8 Å². The van der Waals surface area contributed by atoms with E-state index in [1.807, 2.05) is 19.2 Å². The van der Waals surface area contributed by atoms with E-state index in [2.05, 4.69) is 60.9 Å². The van der Waals surface area contributed by atoms with Crippen LogP contribution in [0.4, 0.5) is 17.1 Å². The van der Waals surface area contributed by atoms with Crippen molar-refractivity contribution in [2.75, 3.05) is 17.7 Å². The van der Waals surface area contributed by atoms with Gasteiger partial charge in [-0.2, -0.15) is 0 Å². The zero-order valence-electron chi connectivity index (χ0n) is 11.2. The Morgan fingerprint density at radius 3 is 2.11 bits per heavy atom. The van der Waals surface area contributed by atoms with Crippen LogP contribution in [-0.4, -0.2) is 7.05 Å². The van der Waals surface area contributed by atoms with Crippen LogP contribution in [0.3, 0.4) is 0 Å². The molecule has 0 radical (unpaired) electrons. The number of benzene rings is 2. The van der Waals surface area contributed by atoms with E-state index in [9.17, 15) is 0 Å². The molecular weight excluding hydrogens is 220 g/mol. The molecule has 0 bridgehead atoms. The van der Waals surface area contributed by atoms with Crippen LogP contribution < -0.4 is 10.6 Å². The Morgan fingerprint density at radius 2 is 1.50 bits per heavy atom. The summed E-state index contributed by atoms with van der Waals surface area (Å²) in [5.74, 6) is 0.576. The van der Waals surface area contributed by atoms with E-state index in [4.69, 9.17) is 0 Å². The van der Waals surface area contributed by atoms with Gasteiger partial charge >= 0.3 is 0 Å². The van der Waals surface area contributed by atoms with E-state index in [1.165, 1.54) is 5.56 Å². The number of hydrogen-bond acceptors (Lipinski definition) is 2. The molecule has 0 aliphatic carbocycles. The van der Waals surface area contributed by atoms with Gasteiger partial charge in [0.15, 0.2) is 0 Å². The third kappa shape index (κ3) is 3.04. The second-order valence-corrected chi connectivity index (χ2v) is 4.73. The minimum atomic E-state index is 0.576. The van der Waals surface area contributed by atoms with Gasteiger partial charge in [-0.1, -0.05) is 32.0 Å². The highest BCUT2D eigenvalue weighted by Crippen LogP contribution is 2.22. The highest BCUT2D eigenvalue weighted by atomic mass is 14.9. The van der Waals surface area contributed by atoms with Crippen molar-refractivity contribution in [2.24, 2.45) is 0 Å². The van der Waals surface area contributed by atoms with Gasteiger partial charge < -0.3 is 10.6 Å². The number of hydrogen-bond donors (Lipinski definition) is 2. The molecule has 0 aromatic heterocycles. The molecule has 0 amide bonds. The predicted octanol–water partition coefficient (Wildman–Crippen LogP) is 4.60. The lowest BCUT2D eigenvalue weighted by molar-refractivity contribution is 0.867. The average Bonchev–Trinajstić information content (AvgIpc) is 2.39. The summed E-state index contributed by atoms with van der Waals surface area (Å²) >= 11 is 0. The molecule has 2 aromatic carbocycles. The Hall–Kier alpha value is -1.96. The monoisotopic (exact) mass is 240 g/mol. The maximum Gasteiger partial charge on any atom is 0.0404 e. The molecule has 0 heterocycles. The lowest BCUT2D eigenvalue weighted by atomic mass is 10.0. The maximum absolute atomic E-state index is 3.40. The Bertz CT molecular complexity index is 501. The van der Waals surface area contributed by atoms with Gasteiger partial charge in [-0.3, -0.25) is 0 Å². The van der Waals surface area contributed by atoms with Crippen LogP contribution in [0.15, 0.2) is 48.5 Å². The molecule has 2 N–H and O–H groups in total. The molecule has 0 aliphatic rings. The Kier molecular flexibility index (Phi) is 3.88. The first-order chi connectivity index (χ1) is 8.69. The third-order valence-corrected chi connectivity index (χ3v) is 3.02. The number of anilines is 3. The number of rotatable bonds is 4. The van der Waals surface area contributed by atoms with Crippen molar-refractivity contribution in [3.63, 3.8) is 0 Å². The molecule has 18 heavy (non-hydrogen) atoms. The standard InChI is InChI=1S/C16H20N2/c1-12(2)13-7-9-14(10-8-13)18-16-6-4-5-15(11-16)17-3/h4-12,17-18H,1-3H3. The Labute approximate surface area is 109 Å². The normalized spacial score (nSPS) is 10.4. The largest absolute Gasteiger partial charge is 0.388 e. The fourth-order valence-electron chi connectivity index (χ4n) is 1.87. The molecule has 0 unspecified atom stereocenters. The summed E-state index contributed by atoms with van der Waals surface area (Å²) < 4.78 is 0.